The molecule has 1 aliphatic heterocycles. The Kier molecular flexibility index (Phi) is 5.56. The minimum Gasteiger partial charge on any atom is -0.382 e. The van der Waals surface area contributed by atoms with Gasteiger partial charge >= 0.3 is 0 Å². The lowest BCUT2D eigenvalue weighted by Gasteiger charge is -2.29. The molecule has 116 valence electrons. The van der Waals surface area contributed by atoms with Crippen molar-refractivity contribution in [1.82, 2.24) is 10.2 Å². The van der Waals surface area contributed by atoms with E-state index in [0.29, 0.717) is 30.3 Å². The fourth-order valence-corrected chi connectivity index (χ4v) is 2.84. The Hall–Kier alpha value is -1.62. The smallest absolute Gasteiger partial charge is 0.253 e. The molecule has 1 saturated heterocycles. The van der Waals surface area contributed by atoms with E-state index in [1.807, 2.05) is 6.92 Å². The maximum atomic E-state index is 13.8. The molecule has 2 rings (SSSR count). The maximum absolute atomic E-state index is 13.8. The van der Waals surface area contributed by atoms with Gasteiger partial charge in [-0.05, 0) is 51.4 Å². The normalized spacial score (nSPS) is 19.3. The van der Waals surface area contributed by atoms with Crippen LogP contribution in [0.1, 0.15) is 30.1 Å². The van der Waals surface area contributed by atoms with E-state index in [-0.39, 0.29) is 11.7 Å². The van der Waals surface area contributed by atoms with Gasteiger partial charge in [0.05, 0.1) is 11.3 Å². The molecule has 5 heteroatoms. The summed E-state index contributed by atoms with van der Waals surface area (Å²) in [5.74, 6) is -0.121. The molecule has 21 heavy (non-hydrogen) atoms. The zero-order chi connectivity index (χ0) is 15.2. The molecule has 0 bridgehead atoms. The van der Waals surface area contributed by atoms with E-state index >= 15 is 0 Å². The number of halogens is 1. The summed E-state index contributed by atoms with van der Waals surface area (Å²) in [5.41, 5.74) is 0.666. The van der Waals surface area contributed by atoms with E-state index in [1.165, 1.54) is 12.5 Å². The van der Waals surface area contributed by atoms with Crippen molar-refractivity contribution in [2.24, 2.45) is 5.92 Å². The molecule has 1 heterocycles. The molecule has 0 spiro atoms. The van der Waals surface area contributed by atoms with Crippen molar-refractivity contribution in [3.63, 3.8) is 0 Å². The monoisotopic (exact) mass is 293 g/mol. The van der Waals surface area contributed by atoms with Crippen LogP contribution < -0.4 is 10.6 Å². The number of para-hydroxylation sites is 1. The topological polar surface area (TPSA) is 44.4 Å². The standard InChI is InChI=1S/C16H24FN3O/c1-3-18-15-13(7-4-8-14(15)17)16(21)19-10-12-6-5-9-20(2)11-12/h4,7-8,12,18H,3,5-6,9-11H2,1-2H3,(H,19,21). The molecule has 1 aliphatic rings. The Labute approximate surface area is 125 Å². The molecule has 4 nitrogen and oxygen atoms in total. The molecule has 1 atom stereocenters. The number of carbonyl (C=O) groups excluding carboxylic acids is 1. The lowest BCUT2D eigenvalue weighted by atomic mass is 9.98. The second-order valence-electron chi connectivity index (χ2n) is 5.67. The van der Waals surface area contributed by atoms with Gasteiger partial charge in [-0.15, -0.1) is 0 Å². The Bertz CT molecular complexity index is 492. The molecule has 0 aliphatic carbocycles. The number of amides is 1. The highest BCUT2D eigenvalue weighted by atomic mass is 19.1. The Morgan fingerprint density at radius 1 is 1.48 bits per heavy atom. The lowest BCUT2D eigenvalue weighted by Crippen LogP contribution is -2.39. The van der Waals surface area contributed by atoms with Gasteiger partial charge in [0, 0.05) is 19.6 Å². The van der Waals surface area contributed by atoms with E-state index in [1.54, 1.807) is 12.1 Å². The fraction of sp³-hybridized carbons (Fsp3) is 0.562. The number of piperidine rings is 1. The third-order valence-electron chi connectivity index (χ3n) is 3.89. The second-order valence-corrected chi connectivity index (χ2v) is 5.67. The van der Waals surface area contributed by atoms with Crippen LogP contribution in [0.4, 0.5) is 10.1 Å². The van der Waals surface area contributed by atoms with Crippen molar-refractivity contribution < 1.29 is 9.18 Å². The molecular weight excluding hydrogens is 269 g/mol. The minimum atomic E-state index is -0.387. The van der Waals surface area contributed by atoms with E-state index in [2.05, 4.69) is 22.6 Å². The number of hydrogen-bond donors (Lipinski definition) is 2. The van der Waals surface area contributed by atoms with Gasteiger partial charge in [-0.1, -0.05) is 6.07 Å². The molecule has 2 N–H and O–H groups in total. The Morgan fingerprint density at radius 2 is 2.29 bits per heavy atom. The van der Waals surface area contributed by atoms with Crippen LogP contribution in [-0.4, -0.2) is 44.0 Å². The van der Waals surface area contributed by atoms with Crippen molar-refractivity contribution >= 4 is 11.6 Å². The van der Waals surface area contributed by atoms with E-state index in [9.17, 15) is 9.18 Å². The third-order valence-corrected chi connectivity index (χ3v) is 3.89. The third kappa shape index (κ3) is 4.17. The predicted molar refractivity (Wildman–Crippen MR) is 83.1 cm³/mol. The predicted octanol–water partition coefficient (Wildman–Crippen LogP) is 2.33. The second kappa shape index (κ2) is 7.41. The molecule has 1 aromatic carbocycles. The number of rotatable bonds is 5. The molecule has 1 aromatic rings. The van der Waals surface area contributed by atoms with Crippen LogP contribution in [-0.2, 0) is 0 Å². The molecule has 0 aromatic heterocycles. The number of carbonyl (C=O) groups is 1. The van der Waals surface area contributed by atoms with Crippen molar-refractivity contribution in [2.45, 2.75) is 19.8 Å². The van der Waals surface area contributed by atoms with Gasteiger partial charge in [-0.25, -0.2) is 4.39 Å². The highest BCUT2D eigenvalue weighted by Gasteiger charge is 2.19. The fourth-order valence-electron chi connectivity index (χ4n) is 2.84. The number of likely N-dealkylation sites (tertiary alicyclic amines) is 1. The van der Waals surface area contributed by atoms with Crippen LogP contribution in [0.3, 0.4) is 0 Å². The summed E-state index contributed by atoms with van der Waals surface area (Å²) in [6.45, 7) is 5.23. The molecule has 0 radical (unpaired) electrons. The van der Waals surface area contributed by atoms with Crippen molar-refractivity contribution in [2.75, 3.05) is 38.5 Å². The summed E-state index contributed by atoms with van der Waals surface area (Å²) in [7, 11) is 2.10. The lowest BCUT2D eigenvalue weighted by molar-refractivity contribution is 0.0937. The van der Waals surface area contributed by atoms with Crippen LogP contribution in [0.2, 0.25) is 0 Å². The zero-order valence-corrected chi connectivity index (χ0v) is 12.8. The SMILES string of the molecule is CCNc1c(F)cccc1C(=O)NCC1CCCN(C)C1. The molecular formula is C16H24FN3O. The summed E-state index contributed by atoms with van der Waals surface area (Å²) < 4.78 is 13.8. The summed E-state index contributed by atoms with van der Waals surface area (Å²) in [5, 5.41) is 5.87. The largest absolute Gasteiger partial charge is 0.382 e. The maximum Gasteiger partial charge on any atom is 0.253 e. The van der Waals surface area contributed by atoms with E-state index in [0.717, 1.165) is 19.5 Å². The van der Waals surface area contributed by atoms with Crippen LogP contribution in [0.25, 0.3) is 0 Å². The first-order valence-corrected chi connectivity index (χ1v) is 7.61. The van der Waals surface area contributed by atoms with Crippen molar-refractivity contribution in [1.29, 1.82) is 0 Å². The first kappa shape index (κ1) is 15.8. The Morgan fingerprint density at radius 3 is 3.00 bits per heavy atom. The van der Waals surface area contributed by atoms with Crippen LogP contribution in [0.5, 0.6) is 0 Å². The zero-order valence-electron chi connectivity index (χ0n) is 12.8. The Balaban J connectivity index is 1.98. The van der Waals surface area contributed by atoms with Gasteiger partial charge in [0.25, 0.3) is 5.91 Å². The molecule has 1 amide bonds. The van der Waals surface area contributed by atoms with Gasteiger partial charge in [0.15, 0.2) is 0 Å². The van der Waals surface area contributed by atoms with Gasteiger partial charge in [-0.3, -0.25) is 4.79 Å². The van der Waals surface area contributed by atoms with Gasteiger partial charge < -0.3 is 15.5 Å². The highest BCUT2D eigenvalue weighted by molar-refractivity contribution is 5.99. The number of nitrogens with one attached hydrogen (secondary N) is 2. The number of benzene rings is 1. The first-order chi connectivity index (χ1) is 10.1. The first-order valence-electron chi connectivity index (χ1n) is 7.61. The highest BCUT2D eigenvalue weighted by Crippen LogP contribution is 2.20. The summed E-state index contributed by atoms with van der Waals surface area (Å²) >= 11 is 0. The van der Waals surface area contributed by atoms with Gasteiger partial charge in [0.2, 0.25) is 0 Å². The molecule has 1 unspecified atom stereocenters. The van der Waals surface area contributed by atoms with Crippen LogP contribution in [0, 0.1) is 11.7 Å². The average molecular weight is 293 g/mol. The summed E-state index contributed by atoms with van der Waals surface area (Å²) in [6, 6.07) is 4.59. The molecule has 0 saturated carbocycles. The van der Waals surface area contributed by atoms with Gasteiger partial charge in [-0.2, -0.15) is 0 Å². The van der Waals surface area contributed by atoms with Gasteiger partial charge in [0.1, 0.15) is 5.82 Å². The molecule has 1 fully saturated rings. The number of nitrogens with zero attached hydrogens (tertiary/aromatic N) is 1. The minimum absolute atomic E-state index is 0.210. The van der Waals surface area contributed by atoms with E-state index in [4.69, 9.17) is 0 Å². The van der Waals surface area contributed by atoms with E-state index < -0.39 is 0 Å². The van der Waals surface area contributed by atoms with Crippen LogP contribution in [0.15, 0.2) is 18.2 Å². The summed E-state index contributed by atoms with van der Waals surface area (Å²) in [6.07, 6.45) is 2.30. The van der Waals surface area contributed by atoms with Crippen LogP contribution >= 0.6 is 0 Å². The summed E-state index contributed by atoms with van der Waals surface area (Å²) in [4.78, 5) is 14.6. The average Bonchev–Trinajstić information content (AvgIpc) is 2.47. The number of anilines is 1. The van der Waals surface area contributed by atoms with Crippen molar-refractivity contribution in [3.8, 4) is 0 Å². The number of hydrogen-bond acceptors (Lipinski definition) is 3. The van der Waals surface area contributed by atoms with Crippen molar-refractivity contribution in [3.05, 3.63) is 29.6 Å². The quantitative estimate of drug-likeness (QED) is 0.876.